The Kier molecular flexibility index (Phi) is 4.15. The topological polar surface area (TPSA) is 71.0 Å². The van der Waals surface area contributed by atoms with Crippen molar-refractivity contribution in [2.45, 2.75) is 11.6 Å². The number of hydrogen-bond donors (Lipinski definition) is 1. The van der Waals surface area contributed by atoms with Crippen LogP contribution < -0.4 is 10.6 Å². The Morgan fingerprint density at radius 3 is 2.72 bits per heavy atom. The highest BCUT2D eigenvalue weighted by Crippen LogP contribution is 2.28. The van der Waals surface area contributed by atoms with Gasteiger partial charge in [0.2, 0.25) is 5.91 Å². The summed E-state index contributed by atoms with van der Waals surface area (Å²) >= 11 is 1.26. The second-order valence-electron chi connectivity index (χ2n) is 5.70. The molecule has 0 atom stereocenters. The third-order valence-electron chi connectivity index (χ3n) is 4.17. The summed E-state index contributed by atoms with van der Waals surface area (Å²) in [5, 5.41) is 6.99. The third-order valence-corrected chi connectivity index (χ3v) is 5.09. The molecule has 0 unspecified atom stereocenters. The molecule has 1 aromatic heterocycles. The largest absolute Gasteiger partial charge is 0.348 e. The summed E-state index contributed by atoms with van der Waals surface area (Å²) < 4.78 is 1.48. The Morgan fingerprint density at radius 1 is 1.12 bits per heavy atom. The van der Waals surface area contributed by atoms with Gasteiger partial charge in [-0.15, -0.1) is 5.10 Å². The molecule has 0 saturated heterocycles. The molecule has 25 heavy (non-hydrogen) atoms. The van der Waals surface area contributed by atoms with Crippen molar-refractivity contribution in [1.82, 2.24) is 14.8 Å². The fraction of sp³-hybridized carbons (Fsp3) is 0.167. The second kappa shape index (κ2) is 6.60. The number of benzene rings is 2. The third kappa shape index (κ3) is 2.98. The van der Waals surface area contributed by atoms with E-state index in [4.69, 9.17) is 0 Å². The second-order valence-corrected chi connectivity index (χ2v) is 6.64. The summed E-state index contributed by atoms with van der Waals surface area (Å²) in [5.74, 6) is 0.246. The molecule has 0 fully saturated rings. The van der Waals surface area contributed by atoms with Gasteiger partial charge >= 0.3 is 5.69 Å². The number of hydrogen-bond acceptors (Lipinski definition) is 4. The maximum atomic E-state index is 12.6. The lowest BCUT2D eigenvalue weighted by Gasteiger charge is -2.16. The Bertz CT molecular complexity index is 964. The molecule has 0 saturated carbocycles. The number of aromatic amines is 1. The van der Waals surface area contributed by atoms with Gasteiger partial charge in [0.25, 0.3) is 0 Å². The van der Waals surface area contributed by atoms with Crippen LogP contribution in [-0.4, -0.2) is 33.0 Å². The van der Waals surface area contributed by atoms with Gasteiger partial charge in [-0.05, 0) is 30.2 Å². The van der Waals surface area contributed by atoms with Gasteiger partial charge in [-0.3, -0.25) is 4.79 Å². The molecule has 2 heterocycles. The highest BCUT2D eigenvalue weighted by molar-refractivity contribution is 7.99. The number of thioether (sulfide) groups is 1. The minimum Gasteiger partial charge on any atom is -0.311 e. The average molecular weight is 352 g/mol. The van der Waals surface area contributed by atoms with Crippen LogP contribution >= 0.6 is 11.8 Å². The first-order valence-corrected chi connectivity index (χ1v) is 8.96. The number of amides is 1. The monoisotopic (exact) mass is 352 g/mol. The molecule has 7 heteroatoms. The van der Waals surface area contributed by atoms with Crippen LogP contribution in [0.2, 0.25) is 0 Å². The van der Waals surface area contributed by atoms with E-state index in [0.717, 1.165) is 17.8 Å². The number of anilines is 1. The molecule has 6 nitrogen and oxygen atoms in total. The SMILES string of the molecule is O=C(CSc1n[nH]c(=O)n1-c1ccccc1)N1CCc2ccccc21. The Hall–Kier alpha value is -2.80. The number of nitrogens with zero attached hydrogens (tertiary/aromatic N) is 3. The summed E-state index contributed by atoms with van der Waals surface area (Å²) in [4.78, 5) is 26.5. The maximum absolute atomic E-state index is 12.6. The molecule has 0 aliphatic carbocycles. The molecule has 4 rings (SSSR count). The molecule has 1 N–H and O–H groups in total. The molecular formula is C18H16N4O2S. The van der Waals surface area contributed by atoms with E-state index in [-0.39, 0.29) is 17.3 Å². The quantitative estimate of drug-likeness (QED) is 0.731. The fourth-order valence-electron chi connectivity index (χ4n) is 2.99. The van der Waals surface area contributed by atoms with Crippen LogP contribution in [0, 0.1) is 0 Å². The van der Waals surface area contributed by atoms with E-state index in [9.17, 15) is 9.59 Å². The van der Waals surface area contributed by atoms with Gasteiger partial charge in [-0.2, -0.15) is 0 Å². The molecule has 0 radical (unpaired) electrons. The summed E-state index contributed by atoms with van der Waals surface area (Å²) in [6, 6.07) is 17.2. The van der Waals surface area contributed by atoms with Crippen molar-refractivity contribution in [1.29, 1.82) is 0 Å². The summed E-state index contributed by atoms with van der Waals surface area (Å²) in [6.45, 7) is 0.699. The van der Waals surface area contributed by atoms with Crippen LogP contribution in [0.1, 0.15) is 5.56 Å². The Labute approximate surface area is 148 Å². The molecular weight excluding hydrogens is 336 g/mol. The van der Waals surface area contributed by atoms with E-state index < -0.39 is 0 Å². The molecule has 1 aliphatic rings. The number of nitrogens with one attached hydrogen (secondary N) is 1. The van der Waals surface area contributed by atoms with Crippen LogP contribution in [-0.2, 0) is 11.2 Å². The maximum Gasteiger partial charge on any atom is 0.348 e. The van der Waals surface area contributed by atoms with E-state index >= 15 is 0 Å². The number of carbonyl (C=O) groups excluding carboxylic acids is 1. The van der Waals surface area contributed by atoms with Crippen LogP contribution in [0.3, 0.4) is 0 Å². The zero-order valence-electron chi connectivity index (χ0n) is 13.4. The van der Waals surface area contributed by atoms with E-state index in [1.54, 1.807) is 4.90 Å². The van der Waals surface area contributed by atoms with Crippen molar-refractivity contribution in [2.75, 3.05) is 17.2 Å². The smallest absolute Gasteiger partial charge is 0.311 e. The Balaban J connectivity index is 1.52. The van der Waals surface area contributed by atoms with Crippen LogP contribution in [0.5, 0.6) is 0 Å². The lowest BCUT2D eigenvalue weighted by Crippen LogP contribution is -2.30. The molecule has 3 aromatic rings. The van der Waals surface area contributed by atoms with Gasteiger partial charge in [-0.25, -0.2) is 14.5 Å². The highest BCUT2D eigenvalue weighted by Gasteiger charge is 2.24. The van der Waals surface area contributed by atoms with Crippen LogP contribution in [0.15, 0.2) is 64.5 Å². The molecule has 1 amide bonds. The lowest BCUT2D eigenvalue weighted by molar-refractivity contribution is -0.116. The Morgan fingerprint density at radius 2 is 1.88 bits per heavy atom. The standard InChI is InChI=1S/C18H16N4O2S/c23-16(21-11-10-13-6-4-5-9-15(13)21)12-25-18-20-19-17(24)22(18)14-7-2-1-3-8-14/h1-9H,10-12H2,(H,19,24). The lowest BCUT2D eigenvalue weighted by atomic mass is 10.2. The van der Waals surface area contributed by atoms with E-state index in [1.807, 2.05) is 48.5 Å². The van der Waals surface area contributed by atoms with Crippen molar-refractivity contribution in [3.63, 3.8) is 0 Å². The minimum atomic E-state index is -0.312. The first-order chi connectivity index (χ1) is 12.2. The number of aromatic nitrogens is 3. The normalized spacial score (nSPS) is 13.0. The predicted molar refractivity (Wildman–Crippen MR) is 97.4 cm³/mol. The molecule has 126 valence electrons. The zero-order valence-corrected chi connectivity index (χ0v) is 14.2. The number of para-hydroxylation sites is 2. The van der Waals surface area contributed by atoms with Crippen molar-refractivity contribution < 1.29 is 4.79 Å². The van der Waals surface area contributed by atoms with Gasteiger partial charge in [-0.1, -0.05) is 48.2 Å². The first-order valence-electron chi connectivity index (χ1n) is 7.98. The van der Waals surface area contributed by atoms with Crippen molar-refractivity contribution in [2.24, 2.45) is 0 Å². The van der Waals surface area contributed by atoms with Gasteiger partial charge in [0.05, 0.1) is 11.4 Å². The molecule has 0 bridgehead atoms. The fourth-order valence-corrected chi connectivity index (χ4v) is 3.82. The van der Waals surface area contributed by atoms with Crippen molar-refractivity contribution >= 4 is 23.4 Å². The van der Waals surface area contributed by atoms with E-state index in [1.165, 1.54) is 21.9 Å². The molecule has 2 aromatic carbocycles. The summed E-state index contributed by atoms with van der Waals surface area (Å²) in [5.41, 5.74) is 2.59. The summed E-state index contributed by atoms with van der Waals surface area (Å²) in [7, 11) is 0. The van der Waals surface area contributed by atoms with Gasteiger partial charge < -0.3 is 4.90 Å². The minimum absolute atomic E-state index is 0.0185. The number of carbonyl (C=O) groups is 1. The van der Waals surface area contributed by atoms with Gasteiger partial charge in [0.15, 0.2) is 5.16 Å². The van der Waals surface area contributed by atoms with Crippen LogP contribution in [0.25, 0.3) is 5.69 Å². The average Bonchev–Trinajstić information content (AvgIpc) is 3.24. The van der Waals surface area contributed by atoms with Crippen LogP contribution in [0.4, 0.5) is 5.69 Å². The number of rotatable bonds is 4. The van der Waals surface area contributed by atoms with E-state index in [0.29, 0.717) is 11.7 Å². The highest BCUT2D eigenvalue weighted by atomic mass is 32.2. The van der Waals surface area contributed by atoms with Gasteiger partial charge in [0, 0.05) is 12.2 Å². The first kappa shape index (κ1) is 15.7. The molecule has 0 spiro atoms. The van der Waals surface area contributed by atoms with E-state index in [2.05, 4.69) is 16.3 Å². The van der Waals surface area contributed by atoms with Gasteiger partial charge in [0.1, 0.15) is 0 Å². The zero-order chi connectivity index (χ0) is 17.2. The number of H-pyrrole nitrogens is 1. The predicted octanol–water partition coefficient (Wildman–Crippen LogP) is 2.24. The van der Waals surface area contributed by atoms with Crippen molar-refractivity contribution in [3.05, 3.63) is 70.6 Å². The number of fused-ring (bicyclic) bond motifs is 1. The summed E-state index contributed by atoms with van der Waals surface area (Å²) in [6.07, 6.45) is 0.879. The van der Waals surface area contributed by atoms with Crippen molar-refractivity contribution in [3.8, 4) is 5.69 Å². The molecule has 1 aliphatic heterocycles.